The Bertz CT molecular complexity index is 993. The highest BCUT2D eigenvalue weighted by molar-refractivity contribution is 6.14. The molecule has 8 heteroatoms. The Labute approximate surface area is 173 Å². The molecule has 2 aromatic rings. The SMILES string of the molecule is CCOC(=O)COc1ccc2c(c1)O/C(=C\c1ccc(OC)c(OC)c1OC)C2=O. The van der Waals surface area contributed by atoms with E-state index in [1.807, 2.05) is 0 Å². The summed E-state index contributed by atoms with van der Waals surface area (Å²) >= 11 is 0. The van der Waals surface area contributed by atoms with Gasteiger partial charge in [-0.05, 0) is 37.3 Å². The number of carbonyl (C=O) groups is 2. The van der Waals surface area contributed by atoms with Crippen LogP contribution >= 0.6 is 0 Å². The van der Waals surface area contributed by atoms with E-state index in [2.05, 4.69) is 0 Å². The second-order valence-corrected chi connectivity index (χ2v) is 6.11. The van der Waals surface area contributed by atoms with Crippen LogP contribution in [-0.2, 0) is 9.53 Å². The standard InChI is InChI=1S/C22H22O8/c1-5-28-19(23)12-29-14-7-8-15-17(11-14)30-18(20(15)24)10-13-6-9-16(25-2)22(27-4)21(13)26-3/h6-11H,5,12H2,1-4H3/b18-10-. The lowest BCUT2D eigenvalue weighted by Gasteiger charge is -2.14. The third-order valence-corrected chi connectivity index (χ3v) is 4.32. The van der Waals surface area contributed by atoms with Crippen molar-refractivity contribution in [1.82, 2.24) is 0 Å². The average molecular weight is 414 g/mol. The van der Waals surface area contributed by atoms with E-state index in [0.29, 0.717) is 39.9 Å². The summed E-state index contributed by atoms with van der Waals surface area (Å²) in [5.41, 5.74) is 0.981. The highest BCUT2D eigenvalue weighted by Crippen LogP contribution is 2.42. The van der Waals surface area contributed by atoms with Crippen LogP contribution in [0.3, 0.4) is 0 Å². The Morgan fingerprint density at radius 1 is 1.03 bits per heavy atom. The molecular weight excluding hydrogens is 392 g/mol. The zero-order valence-electron chi connectivity index (χ0n) is 17.1. The molecule has 0 spiro atoms. The first-order valence-corrected chi connectivity index (χ1v) is 9.18. The Morgan fingerprint density at radius 3 is 2.47 bits per heavy atom. The lowest BCUT2D eigenvalue weighted by Crippen LogP contribution is -2.14. The smallest absolute Gasteiger partial charge is 0.344 e. The minimum Gasteiger partial charge on any atom is -0.493 e. The highest BCUT2D eigenvalue weighted by atomic mass is 16.6. The quantitative estimate of drug-likeness (QED) is 0.480. The molecule has 0 radical (unpaired) electrons. The predicted octanol–water partition coefficient (Wildman–Crippen LogP) is 3.27. The van der Waals surface area contributed by atoms with Gasteiger partial charge in [-0.15, -0.1) is 0 Å². The monoisotopic (exact) mass is 414 g/mol. The average Bonchev–Trinajstić information content (AvgIpc) is 3.06. The molecule has 30 heavy (non-hydrogen) atoms. The van der Waals surface area contributed by atoms with Crippen LogP contribution in [0.2, 0.25) is 0 Å². The number of esters is 1. The number of fused-ring (bicyclic) bond motifs is 1. The molecule has 158 valence electrons. The number of rotatable bonds is 8. The largest absolute Gasteiger partial charge is 0.493 e. The molecule has 8 nitrogen and oxygen atoms in total. The lowest BCUT2D eigenvalue weighted by molar-refractivity contribution is -0.145. The topological polar surface area (TPSA) is 89.5 Å². The van der Waals surface area contributed by atoms with Crippen molar-refractivity contribution in [2.24, 2.45) is 0 Å². The number of ketones is 1. The minimum absolute atomic E-state index is 0.123. The molecule has 0 bridgehead atoms. The second kappa shape index (κ2) is 9.21. The van der Waals surface area contributed by atoms with Crippen molar-refractivity contribution in [3.63, 3.8) is 0 Å². The third kappa shape index (κ3) is 4.17. The summed E-state index contributed by atoms with van der Waals surface area (Å²) in [7, 11) is 4.53. The van der Waals surface area contributed by atoms with Crippen molar-refractivity contribution in [1.29, 1.82) is 0 Å². The van der Waals surface area contributed by atoms with Crippen LogP contribution in [-0.4, -0.2) is 46.3 Å². The van der Waals surface area contributed by atoms with Crippen molar-refractivity contribution >= 4 is 17.8 Å². The van der Waals surface area contributed by atoms with E-state index in [-0.39, 0.29) is 24.8 Å². The minimum atomic E-state index is -0.476. The van der Waals surface area contributed by atoms with E-state index in [4.69, 9.17) is 28.4 Å². The van der Waals surface area contributed by atoms with Crippen LogP contribution < -0.4 is 23.7 Å². The second-order valence-electron chi connectivity index (χ2n) is 6.11. The molecule has 1 aliphatic heterocycles. The maximum atomic E-state index is 12.7. The Morgan fingerprint density at radius 2 is 1.80 bits per heavy atom. The summed E-state index contributed by atoms with van der Waals surface area (Å²) in [4.78, 5) is 24.2. The van der Waals surface area contributed by atoms with Crippen LogP contribution in [0.25, 0.3) is 6.08 Å². The van der Waals surface area contributed by atoms with Gasteiger partial charge in [0.2, 0.25) is 11.5 Å². The summed E-state index contributed by atoms with van der Waals surface area (Å²) in [5.74, 6) is 1.42. The number of hydrogen-bond acceptors (Lipinski definition) is 8. The number of allylic oxidation sites excluding steroid dienone is 1. The van der Waals surface area contributed by atoms with Gasteiger partial charge in [0, 0.05) is 11.6 Å². The number of methoxy groups -OCH3 is 3. The van der Waals surface area contributed by atoms with Crippen molar-refractivity contribution in [2.75, 3.05) is 34.5 Å². The van der Waals surface area contributed by atoms with Gasteiger partial charge in [0.05, 0.1) is 33.5 Å². The van der Waals surface area contributed by atoms with E-state index >= 15 is 0 Å². The lowest BCUT2D eigenvalue weighted by atomic mass is 10.1. The first-order chi connectivity index (χ1) is 14.5. The fraction of sp³-hybridized carbons (Fsp3) is 0.273. The summed E-state index contributed by atoms with van der Waals surface area (Å²) in [5, 5.41) is 0. The van der Waals surface area contributed by atoms with Gasteiger partial charge in [0.1, 0.15) is 11.5 Å². The van der Waals surface area contributed by atoms with E-state index in [0.717, 1.165) is 0 Å². The molecule has 1 aliphatic rings. The molecule has 0 saturated heterocycles. The Hall–Kier alpha value is -3.68. The molecule has 0 unspecified atom stereocenters. The number of benzene rings is 2. The van der Waals surface area contributed by atoms with Crippen molar-refractivity contribution in [3.05, 3.63) is 47.2 Å². The first kappa shape index (κ1) is 21.0. The first-order valence-electron chi connectivity index (χ1n) is 9.18. The van der Waals surface area contributed by atoms with Gasteiger partial charge in [-0.2, -0.15) is 0 Å². The molecule has 0 amide bonds. The maximum Gasteiger partial charge on any atom is 0.344 e. The van der Waals surface area contributed by atoms with Gasteiger partial charge in [0.15, 0.2) is 23.9 Å². The highest BCUT2D eigenvalue weighted by Gasteiger charge is 2.28. The Kier molecular flexibility index (Phi) is 6.46. The maximum absolute atomic E-state index is 12.7. The van der Waals surface area contributed by atoms with Crippen molar-refractivity contribution in [2.45, 2.75) is 6.92 Å². The zero-order valence-corrected chi connectivity index (χ0v) is 17.1. The van der Waals surface area contributed by atoms with Gasteiger partial charge >= 0.3 is 5.97 Å². The molecule has 2 aromatic carbocycles. The van der Waals surface area contributed by atoms with Crippen molar-refractivity contribution in [3.8, 4) is 28.7 Å². The summed E-state index contributed by atoms with van der Waals surface area (Å²) in [6, 6.07) is 8.19. The number of hydrogen-bond donors (Lipinski definition) is 0. The molecule has 0 fully saturated rings. The third-order valence-electron chi connectivity index (χ3n) is 4.32. The van der Waals surface area contributed by atoms with E-state index in [9.17, 15) is 9.59 Å². The van der Waals surface area contributed by atoms with Crippen LogP contribution in [0.5, 0.6) is 28.7 Å². The molecule has 0 aliphatic carbocycles. The molecule has 1 heterocycles. The zero-order chi connectivity index (χ0) is 21.7. The fourth-order valence-corrected chi connectivity index (χ4v) is 2.98. The summed E-state index contributed by atoms with van der Waals surface area (Å²) in [6.07, 6.45) is 1.57. The summed E-state index contributed by atoms with van der Waals surface area (Å²) < 4.78 is 32.0. The van der Waals surface area contributed by atoms with Gasteiger partial charge in [0.25, 0.3) is 0 Å². The molecule has 0 aromatic heterocycles. The van der Waals surface area contributed by atoms with Crippen LogP contribution in [0.1, 0.15) is 22.8 Å². The van der Waals surface area contributed by atoms with E-state index in [1.165, 1.54) is 21.3 Å². The summed E-state index contributed by atoms with van der Waals surface area (Å²) in [6.45, 7) is 1.76. The number of ether oxygens (including phenoxy) is 6. The van der Waals surface area contributed by atoms with Gasteiger partial charge in [-0.25, -0.2) is 4.79 Å². The number of Topliss-reactive ketones (excluding diaryl/α,β-unsaturated/α-hetero) is 1. The van der Waals surface area contributed by atoms with Crippen LogP contribution in [0.15, 0.2) is 36.1 Å². The number of carbonyl (C=O) groups excluding carboxylic acids is 2. The molecule has 3 rings (SSSR count). The molecular formula is C22H22O8. The van der Waals surface area contributed by atoms with Crippen LogP contribution in [0.4, 0.5) is 0 Å². The van der Waals surface area contributed by atoms with Crippen molar-refractivity contribution < 1.29 is 38.0 Å². The fourth-order valence-electron chi connectivity index (χ4n) is 2.98. The van der Waals surface area contributed by atoms with Gasteiger partial charge in [-0.1, -0.05) is 0 Å². The molecule has 0 saturated carbocycles. The van der Waals surface area contributed by atoms with Gasteiger partial charge < -0.3 is 28.4 Å². The van der Waals surface area contributed by atoms with E-state index < -0.39 is 5.97 Å². The molecule has 0 atom stereocenters. The Balaban J connectivity index is 1.86. The van der Waals surface area contributed by atoms with Gasteiger partial charge in [-0.3, -0.25) is 4.79 Å². The predicted molar refractivity (Wildman–Crippen MR) is 108 cm³/mol. The molecule has 0 N–H and O–H groups in total. The van der Waals surface area contributed by atoms with Crippen LogP contribution in [0, 0.1) is 0 Å². The normalized spacial score (nSPS) is 13.5. The van der Waals surface area contributed by atoms with E-state index in [1.54, 1.807) is 43.3 Å².